The van der Waals surface area contributed by atoms with E-state index in [0.29, 0.717) is 13.0 Å². The highest BCUT2D eigenvalue weighted by Crippen LogP contribution is 2.38. The van der Waals surface area contributed by atoms with E-state index in [1.165, 1.54) is 29.8 Å². The number of alkyl halides is 4. The lowest BCUT2D eigenvalue weighted by Gasteiger charge is -2.32. The minimum Gasteiger partial charge on any atom is -0.479 e. The second-order valence-electron chi connectivity index (χ2n) is 8.61. The Balaban J connectivity index is 1.66. The van der Waals surface area contributed by atoms with Gasteiger partial charge in [0.25, 0.3) is 0 Å². The molecule has 3 heterocycles. The van der Waals surface area contributed by atoms with Crippen molar-refractivity contribution >= 4 is 22.8 Å². The summed E-state index contributed by atoms with van der Waals surface area (Å²) in [5.74, 6) is -0.809. The van der Waals surface area contributed by atoms with E-state index in [1.54, 1.807) is 0 Å². The number of aromatic nitrogens is 3. The molecule has 1 saturated heterocycles. The van der Waals surface area contributed by atoms with Crippen molar-refractivity contribution in [2.45, 2.75) is 18.8 Å². The third-order valence-electron chi connectivity index (χ3n) is 6.03. The van der Waals surface area contributed by atoms with Gasteiger partial charge in [-0.05, 0) is 37.7 Å². The van der Waals surface area contributed by atoms with Crippen LogP contribution >= 0.6 is 0 Å². The highest BCUT2D eigenvalue weighted by molar-refractivity contribution is 5.88. The molecule has 4 rings (SSSR count). The molecule has 9 nitrogen and oxygen atoms in total. The number of halogens is 5. The number of likely N-dealkylation sites (tertiary alicyclic amines) is 1. The number of hydrogen-bond donors (Lipinski definition) is 3. The Morgan fingerprint density at radius 1 is 1.28 bits per heavy atom. The SMILES string of the molecule is COc1nc(NC[C@H]2CCN(C)C[C@H]2F)nn2cc(F)c(-c3ccc(N=N)c(NCC(F)(F)F)c3)c12. The van der Waals surface area contributed by atoms with Gasteiger partial charge in [-0.2, -0.15) is 23.3 Å². The summed E-state index contributed by atoms with van der Waals surface area (Å²) >= 11 is 0. The van der Waals surface area contributed by atoms with Gasteiger partial charge in [0.15, 0.2) is 5.82 Å². The first-order chi connectivity index (χ1) is 17.1. The maximum atomic E-state index is 15.1. The van der Waals surface area contributed by atoms with Gasteiger partial charge in [0, 0.05) is 19.0 Å². The zero-order chi connectivity index (χ0) is 26.0. The molecule has 14 heteroatoms. The number of rotatable bonds is 8. The molecule has 0 bridgehead atoms. The summed E-state index contributed by atoms with van der Waals surface area (Å²) in [5, 5.41) is 12.7. The Labute approximate surface area is 203 Å². The summed E-state index contributed by atoms with van der Waals surface area (Å²) in [6, 6.07) is 4.00. The van der Waals surface area contributed by atoms with Gasteiger partial charge in [-0.15, -0.1) is 5.10 Å². The van der Waals surface area contributed by atoms with Gasteiger partial charge in [0.05, 0.1) is 24.6 Å². The van der Waals surface area contributed by atoms with Gasteiger partial charge in [0.2, 0.25) is 11.8 Å². The topological polar surface area (TPSA) is 103 Å². The van der Waals surface area contributed by atoms with Crippen molar-refractivity contribution in [3.05, 3.63) is 30.2 Å². The van der Waals surface area contributed by atoms with E-state index >= 15 is 4.39 Å². The number of methoxy groups -OCH3 is 1. The second kappa shape index (κ2) is 10.2. The molecule has 1 aliphatic rings. The largest absolute Gasteiger partial charge is 0.479 e. The third kappa shape index (κ3) is 5.48. The predicted molar refractivity (Wildman–Crippen MR) is 123 cm³/mol. The standard InChI is InChI=1S/C22H25F5N8O/c1-34-6-5-13(14(23)9-34)8-29-21-31-20(36-2)19-18(15(24)10-35(19)33-21)12-3-4-16(32-28)17(7-12)30-11-22(25,26)27/h3-4,7,10,13-14,28,30H,5-6,8-9,11H2,1-2H3,(H,29,33)/t13-,14-/m1/s1. The lowest BCUT2D eigenvalue weighted by molar-refractivity contribution is -0.115. The molecule has 194 valence electrons. The second-order valence-corrected chi connectivity index (χ2v) is 8.61. The number of piperidine rings is 1. The van der Waals surface area contributed by atoms with Gasteiger partial charge in [0.1, 0.15) is 23.9 Å². The van der Waals surface area contributed by atoms with Crippen molar-refractivity contribution in [2.24, 2.45) is 11.0 Å². The molecule has 1 fully saturated rings. The number of anilines is 2. The number of benzene rings is 1. The molecular formula is C22H25F5N8O. The summed E-state index contributed by atoms with van der Waals surface area (Å²) in [5.41, 5.74) is 7.45. The van der Waals surface area contributed by atoms with Gasteiger partial charge < -0.3 is 20.3 Å². The molecule has 2 atom stereocenters. The molecule has 0 saturated carbocycles. The van der Waals surface area contributed by atoms with Crippen LogP contribution in [0.15, 0.2) is 29.5 Å². The molecule has 0 spiro atoms. The Hall–Kier alpha value is -3.55. The van der Waals surface area contributed by atoms with Gasteiger partial charge in [-0.25, -0.2) is 18.8 Å². The first-order valence-corrected chi connectivity index (χ1v) is 11.1. The van der Waals surface area contributed by atoms with Crippen LogP contribution in [-0.2, 0) is 0 Å². The number of ether oxygens (including phenoxy) is 1. The minimum atomic E-state index is -4.50. The Bertz CT molecular complexity index is 1250. The average molecular weight is 512 g/mol. The van der Waals surface area contributed by atoms with Crippen LogP contribution in [0.4, 0.5) is 39.3 Å². The van der Waals surface area contributed by atoms with E-state index in [9.17, 15) is 17.6 Å². The molecule has 0 aliphatic carbocycles. The number of fused-ring (bicyclic) bond motifs is 1. The minimum absolute atomic E-state index is 0.00382. The van der Waals surface area contributed by atoms with Crippen LogP contribution in [0.5, 0.6) is 5.88 Å². The smallest absolute Gasteiger partial charge is 0.405 e. The van der Waals surface area contributed by atoms with Gasteiger partial charge in [-0.3, -0.25) is 0 Å². The van der Waals surface area contributed by atoms with Crippen molar-refractivity contribution < 1.29 is 26.7 Å². The zero-order valence-electron chi connectivity index (χ0n) is 19.5. The summed E-state index contributed by atoms with van der Waals surface area (Å²) in [6.45, 7) is 0.0468. The fourth-order valence-corrected chi connectivity index (χ4v) is 4.20. The van der Waals surface area contributed by atoms with Crippen LogP contribution in [0, 0.1) is 17.3 Å². The fourth-order valence-electron chi connectivity index (χ4n) is 4.20. The van der Waals surface area contributed by atoms with Crippen LogP contribution in [0.1, 0.15) is 6.42 Å². The van der Waals surface area contributed by atoms with E-state index in [0.717, 1.165) is 12.7 Å². The van der Waals surface area contributed by atoms with E-state index in [4.69, 9.17) is 10.3 Å². The molecule has 1 aromatic carbocycles. The highest BCUT2D eigenvalue weighted by atomic mass is 19.4. The maximum Gasteiger partial charge on any atom is 0.405 e. The van der Waals surface area contributed by atoms with Crippen LogP contribution in [0.3, 0.4) is 0 Å². The van der Waals surface area contributed by atoms with Crippen molar-refractivity contribution in [3.63, 3.8) is 0 Å². The molecule has 36 heavy (non-hydrogen) atoms. The van der Waals surface area contributed by atoms with Crippen molar-refractivity contribution in [1.82, 2.24) is 19.5 Å². The van der Waals surface area contributed by atoms with Gasteiger partial charge in [-0.1, -0.05) is 6.07 Å². The molecule has 1 aliphatic heterocycles. The van der Waals surface area contributed by atoms with Crippen molar-refractivity contribution in [1.29, 1.82) is 5.53 Å². The third-order valence-corrected chi connectivity index (χ3v) is 6.03. The Kier molecular flexibility index (Phi) is 7.24. The average Bonchev–Trinajstić information content (AvgIpc) is 3.16. The molecule has 3 N–H and O–H groups in total. The van der Waals surface area contributed by atoms with Crippen LogP contribution in [-0.4, -0.2) is 72.2 Å². The van der Waals surface area contributed by atoms with E-state index in [1.807, 2.05) is 11.9 Å². The lowest BCUT2D eigenvalue weighted by Crippen LogP contribution is -2.42. The molecule has 2 aromatic heterocycles. The van der Waals surface area contributed by atoms with Crippen LogP contribution < -0.4 is 15.4 Å². The molecule has 0 unspecified atom stereocenters. The first-order valence-electron chi connectivity index (χ1n) is 11.1. The van der Waals surface area contributed by atoms with Crippen molar-refractivity contribution in [3.8, 4) is 17.0 Å². The predicted octanol–water partition coefficient (Wildman–Crippen LogP) is 4.88. The summed E-state index contributed by atoms with van der Waals surface area (Å²) in [4.78, 5) is 6.21. The maximum absolute atomic E-state index is 15.1. The van der Waals surface area contributed by atoms with E-state index < -0.39 is 24.7 Å². The lowest BCUT2D eigenvalue weighted by atomic mass is 9.95. The first kappa shape index (κ1) is 25.5. The normalized spacial score (nSPS) is 18.9. The van der Waals surface area contributed by atoms with E-state index in [2.05, 4.69) is 25.8 Å². The Morgan fingerprint density at radius 3 is 2.72 bits per heavy atom. The number of nitrogens with one attached hydrogen (secondary N) is 3. The monoisotopic (exact) mass is 512 g/mol. The summed E-state index contributed by atoms with van der Waals surface area (Å²) in [6.07, 6.45) is -3.74. The fraction of sp³-hybridized carbons (Fsp3) is 0.455. The number of hydrogen-bond acceptors (Lipinski definition) is 8. The molecule has 0 radical (unpaired) electrons. The van der Waals surface area contributed by atoms with E-state index in [-0.39, 0.29) is 52.3 Å². The molecular weight excluding hydrogens is 487 g/mol. The Morgan fingerprint density at radius 2 is 2.06 bits per heavy atom. The number of nitrogens with zero attached hydrogens (tertiary/aromatic N) is 5. The van der Waals surface area contributed by atoms with Crippen molar-refractivity contribution in [2.75, 3.05) is 51.0 Å². The van der Waals surface area contributed by atoms with Crippen LogP contribution in [0.2, 0.25) is 0 Å². The quantitative estimate of drug-likeness (QED) is 0.294. The zero-order valence-corrected chi connectivity index (χ0v) is 19.5. The highest BCUT2D eigenvalue weighted by Gasteiger charge is 2.29. The molecule has 0 amide bonds. The summed E-state index contributed by atoms with van der Waals surface area (Å²) in [7, 11) is 3.20. The molecule has 3 aromatic rings. The van der Waals surface area contributed by atoms with Crippen LogP contribution in [0.25, 0.3) is 16.6 Å². The summed E-state index contributed by atoms with van der Waals surface area (Å²) < 4.78 is 74.2. The van der Waals surface area contributed by atoms with Gasteiger partial charge >= 0.3 is 6.18 Å².